The number of likely N-dealkylation sites (tertiary alicyclic amines) is 1. The highest BCUT2D eigenvalue weighted by Crippen LogP contribution is 2.29. The lowest BCUT2D eigenvalue weighted by atomic mass is 9.80. The molecular weight excluding hydrogens is 346 g/mol. The van der Waals surface area contributed by atoms with E-state index in [0.717, 1.165) is 25.7 Å². The number of halogens is 1. The van der Waals surface area contributed by atoms with E-state index in [0.29, 0.717) is 25.2 Å². The quantitative estimate of drug-likeness (QED) is 0.804. The van der Waals surface area contributed by atoms with Gasteiger partial charge in [0.15, 0.2) is 0 Å². The maximum absolute atomic E-state index is 12.8. The van der Waals surface area contributed by atoms with Crippen molar-refractivity contribution >= 4 is 35.6 Å². The van der Waals surface area contributed by atoms with Crippen LogP contribution in [0.5, 0.6) is 0 Å². The Hall–Kier alpha value is -1.11. The summed E-state index contributed by atoms with van der Waals surface area (Å²) >= 11 is 1.52. The first-order valence-electron chi connectivity index (χ1n) is 8.38. The molecule has 0 bridgehead atoms. The Morgan fingerprint density at radius 2 is 1.96 bits per heavy atom. The molecule has 24 heavy (non-hydrogen) atoms. The molecule has 7 heteroatoms. The Labute approximate surface area is 154 Å². The van der Waals surface area contributed by atoms with Gasteiger partial charge >= 0.3 is 0 Å². The summed E-state index contributed by atoms with van der Waals surface area (Å²) < 4.78 is 0. The van der Waals surface area contributed by atoms with Crippen LogP contribution in [0.3, 0.4) is 0 Å². The zero-order chi connectivity index (χ0) is 16.9. The summed E-state index contributed by atoms with van der Waals surface area (Å²) in [6, 6.07) is 1.97. The molecular formula is C17H28ClN3O2S. The predicted molar refractivity (Wildman–Crippen MR) is 101 cm³/mol. The Morgan fingerprint density at radius 1 is 1.33 bits per heavy atom. The van der Waals surface area contributed by atoms with Gasteiger partial charge in [-0.2, -0.15) is 11.3 Å². The van der Waals surface area contributed by atoms with Crippen LogP contribution in [-0.2, 0) is 4.79 Å². The number of piperidine rings is 1. The van der Waals surface area contributed by atoms with E-state index >= 15 is 0 Å². The number of nitrogens with zero attached hydrogens (tertiary/aromatic N) is 1. The first-order chi connectivity index (χ1) is 11.1. The SMILES string of the molecule is CCC(CC)(CN)C(=O)N1CCC(NC(=O)c2ccsc2)CC1.Cl. The summed E-state index contributed by atoms with van der Waals surface area (Å²) in [5, 5.41) is 6.82. The molecule has 0 saturated carbocycles. The summed E-state index contributed by atoms with van der Waals surface area (Å²) in [5.41, 5.74) is 6.17. The predicted octanol–water partition coefficient (Wildman–Crippen LogP) is 2.66. The van der Waals surface area contributed by atoms with Gasteiger partial charge in [0, 0.05) is 36.6 Å². The lowest BCUT2D eigenvalue weighted by Gasteiger charge is -2.39. The molecule has 1 fully saturated rings. The van der Waals surface area contributed by atoms with Gasteiger partial charge in [-0.25, -0.2) is 0 Å². The van der Waals surface area contributed by atoms with Gasteiger partial charge in [-0.15, -0.1) is 12.4 Å². The third-order valence-corrected chi connectivity index (χ3v) is 5.78. The lowest BCUT2D eigenvalue weighted by Crippen LogP contribution is -2.52. The molecule has 1 aliphatic heterocycles. The van der Waals surface area contributed by atoms with Crippen molar-refractivity contribution in [1.29, 1.82) is 0 Å². The normalized spacial score (nSPS) is 15.7. The molecule has 0 unspecified atom stereocenters. The Morgan fingerprint density at radius 3 is 2.42 bits per heavy atom. The summed E-state index contributed by atoms with van der Waals surface area (Å²) in [6.07, 6.45) is 3.15. The fourth-order valence-electron chi connectivity index (χ4n) is 3.15. The molecule has 0 aliphatic carbocycles. The van der Waals surface area contributed by atoms with Crippen molar-refractivity contribution in [2.24, 2.45) is 11.1 Å². The van der Waals surface area contributed by atoms with E-state index in [1.54, 1.807) is 0 Å². The van der Waals surface area contributed by atoms with Crippen molar-refractivity contribution in [3.05, 3.63) is 22.4 Å². The minimum Gasteiger partial charge on any atom is -0.349 e. The third-order valence-electron chi connectivity index (χ3n) is 5.10. The van der Waals surface area contributed by atoms with Gasteiger partial charge in [0.25, 0.3) is 5.91 Å². The Balaban J connectivity index is 0.00000288. The van der Waals surface area contributed by atoms with Crippen molar-refractivity contribution in [1.82, 2.24) is 10.2 Å². The Bertz CT molecular complexity index is 516. The molecule has 0 atom stereocenters. The van der Waals surface area contributed by atoms with Gasteiger partial charge in [0.1, 0.15) is 0 Å². The van der Waals surface area contributed by atoms with Crippen LogP contribution in [0.4, 0.5) is 0 Å². The van der Waals surface area contributed by atoms with E-state index < -0.39 is 5.41 Å². The number of hydrogen-bond donors (Lipinski definition) is 2. The van der Waals surface area contributed by atoms with Gasteiger partial charge in [0.2, 0.25) is 5.91 Å². The van der Waals surface area contributed by atoms with E-state index in [4.69, 9.17) is 5.73 Å². The average Bonchev–Trinajstić information content (AvgIpc) is 3.12. The number of nitrogens with two attached hydrogens (primary N) is 1. The van der Waals surface area contributed by atoms with Crippen molar-refractivity contribution < 1.29 is 9.59 Å². The number of rotatable bonds is 6. The first-order valence-corrected chi connectivity index (χ1v) is 9.33. The molecule has 0 radical (unpaired) electrons. The maximum atomic E-state index is 12.8. The van der Waals surface area contributed by atoms with Crippen LogP contribution >= 0.6 is 23.7 Å². The van der Waals surface area contributed by atoms with Crippen LogP contribution in [0.2, 0.25) is 0 Å². The molecule has 3 N–H and O–H groups in total. The van der Waals surface area contributed by atoms with Gasteiger partial charge < -0.3 is 16.0 Å². The molecule has 1 aliphatic rings. The summed E-state index contributed by atoms with van der Waals surface area (Å²) in [5.74, 6) is 0.155. The van der Waals surface area contributed by atoms with Crippen LogP contribution in [0.25, 0.3) is 0 Å². The molecule has 2 heterocycles. The molecule has 2 amide bonds. The minimum atomic E-state index is -0.424. The molecule has 2 rings (SSSR count). The second-order valence-electron chi connectivity index (χ2n) is 6.24. The highest BCUT2D eigenvalue weighted by atomic mass is 35.5. The van der Waals surface area contributed by atoms with Crippen molar-refractivity contribution in [3.63, 3.8) is 0 Å². The van der Waals surface area contributed by atoms with Crippen LogP contribution in [-0.4, -0.2) is 42.4 Å². The molecule has 0 spiro atoms. The van der Waals surface area contributed by atoms with Crippen LogP contribution in [0.15, 0.2) is 16.8 Å². The van der Waals surface area contributed by atoms with Gasteiger partial charge in [0.05, 0.1) is 5.41 Å². The average molecular weight is 374 g/mol. The number of hydrogen-bond acceptors (Lipinski definition) is 4. The largest absolute Gasteiger partial charge is 0.349 e. The highest BCUT2D eigenvalue weighted by molar-refractivity contribution is 7.08. The molecule has 1 aromatic heterocycles. The lowest BCUT2D eigenvalue weighted by molar-refractivity contribution is -0.143. The zero-order valence-corrected chi connectivity index (χ0v) is 16.0. The van der Waals surface area contributed by atoms with Gasteiger partial charge in [-0.05, 0) is 37.1 Å². The second kappa shape index (κ2) is 9.39. The van der Waals surface area contributed by atoms with Crippen LogP contribution < -0.4 is 11.1 Å². The minimum absolute atomic E-state index is 0. The van der Waals surface area contributed by atoms with E-state index in [2.05, 4.69) is 5.32 Å². The fourth-order valence-corrected chi connectivity index (χ4v) is 3.79. The number of thiophene rings is 1. The van der Waals surface area contributed by atoms with Crippen LogP contribution in [0.1, 0.15) is 49.9 Å². The van der Waals surface area contributed by atoms with E-state index in [1.807, 2.05) is 35.6 Å². The number of nitrogens with one attached hydrogen (secondary N) is 1. The number of carbonyl (C=O) groups is 2. The third kappa shape index (κ3) is 4.49. The standard InChI is InChI=1S/C17H27N3O2S.ClH/c1-3-17(4-2,12-18)16(22)20-8-5-14(6-9-20)19-15(21)13-7-10-23-11-13;/h7,10-11,14H,3-6,8-9,12,18H2,1-2H3,(H,19,21);1H. The molecule has 1 saturated heterocycles. The number of carbonyl (C=O) groups excluding carboxylic acids is 2. The van der Waals surface area contributed by atoms with Gasteiger partial charge in [-0.1, -0.05) is 13.8 Å². The van der Waals surface area contributed by atoms with Crippen molar-refractivity contribution in [2.45, 2.75) is 45.6 Å². The smallest absolute Gasteiger partial charge is 0.252 e. The van der Waals surface area contributed by atoms with E-state index in [9.17, 15) is 9.59 Å². The maximum Gasteiger partial charge on any atom is 0.252 e. The monoisotopic (exact) mass is 373 g/mol. The molecule has 0 aromatic carbocycles. The first kappa shape index (κ1) is 20.9. The molecule has 5 nitrogen and oxygen atoms in total. The van der Waals surface area contributed by atoms with Crippen molar-refractivity contribution in [3.8, 4) is 0 Å². The topological polar surface area (TPSA) is 75.4 Å². The summed E-state index contributed by atoms with van der Waals surface area (Å²) in [4.78, 5) is 26.8. The van der Waals surface area contributed by atoms with Crippen LogP contribution in [0, 0.1) is 5.41 Å². The molecule has 1 aromatic rings. The van der Waals surface area contributed by atoms with Crippen molar-refractivity contribution in [2.75, 3.05) is 19.6 Å². The highest BCUT2D eigenvalue weighted by Gasteiger charge is 2.38. The fraction of sp³-hybridized carbons (Fsp3) is 0.647. The Kier molecular flexibility index (Phi) is 8.19. The summed E-state index contributed by atoms with van der Waals surface area (Å²) in [7, 11) is 0. The summed E-state index contributed by atoms with van der Waals surface area (Å²) in [6.45, 7) is 5.84. The zero-order valence-electron chi connectivity index (χ0n) is 14.4. The molecule has 136 valence electrons. The van der Waals surface area contributed by atoms with E-state index in [1.165, 1.54) is 11.3 Å². The second-order valence-corrected chi connectivity index (χ2v) is 7.02. The van der Waals surface area contributed by atoms with E-state index in [-0.39, 0.29) is 30.3 Å². The van der Waals surface area contributed by atoms with Gasteiger partial charge in [-0.3, -0.25) is 9.59 Å². The number of amides is 2.